The van der Waals surface area contributed by atoms with Crippen LogP contribution in [0, 0.1) is 29.6 Å². The van der Waals surface area contributed by atoms with E-state index in [1.54, 1.807) is 6.92 Å². The molecule has 0 aliphatic heterocycles. The van der Waals surface area contributed by atoms with Crippen molar-refractivity contribution in [2.24, 2.45) is 29.6 Å². The van der Waals surface area contributed by atoms with Crippen LogP contribution in [0.2, 0.25) is 0 Å². The minimum absolute atomic E-state index is 0. The molecule has 0 aromatic carbocycles. The largest absolute Gasteiger partial charge is 1.00 e. The molecule has 3 N–H and O–H groups in total. The third-order valence-electron chi connectivity index (χ3n) is 6.50. The van der Waals surface area contributed by atoms with E-state index in [0.29, 0.717) is 43.4 Å². The van der Waals surface area contributed by atoms with E-state index in [1.165, 1.54) is 0 Å². The summed E-state index contributed by atoms with van der Waals surface area (Å²) in [6.45, 7) is 5.73. The maximum absolute atomic E-state index is 11.2. The molecule has 32 heavy (non-hydrogen) atoms. The van der Waals surface area contributed by atoms with Gasteiger partial charge in [-0.25, -0.2) is 0 Å². The Labute approximate surface area is 213 Å². The van der Waals surface area contributed by atoms with E-state index in [9.17, 15) is 29.7 Å². The summed E-state index contributed by atoms with van der Waals surface area (Å²) in [5.41, 5.74) is 1.13. The van der Waals surface area contributed by atoms with Gasteiger partial charge in [-0.15, -0.1) is 0 Å². The summed E-state index contributed by atoms with van der Waals surface area (Å²) >= 11 is 0. The first-order valence-corrected chi connectivity index (χ1v) is 11.3. The van der Waals surface area contributed by atoms with E-state index in [4.69, 9.17) is 5.11 Å². The van der Waals surface area contributed by atoms with Gasteiger partial charge in [-0.1, -0.05) is 39.0 Å². The number of carbonyl (C=O) groups excluding carboxylic acids is 1. The summed E-state index contributed by atoms with van der Waals surface area (Å²) in [4.78, 5) is 31.5. The molecule has 0 aromatic rings. The predicted octanol–water partition coefficient (Wildman–Crippen LogP) is 0.0281. The maximum atomic E-state index is 11.2. The molecule has 2 aliphatic rings. The summed E-state index contributed by atoms with van der Waals surface area (Å²) in [5.74, 6) is -1.91. The fourth-order valence-electron chi connectivity index (χ4n) is 4.22. The monoisotopic (exact) mass is 460 g/mol. The molecule has 6 atom stereocenters. The number of aliphatic hydroxyl groups excluding tert-OH is 1. The smallest absolute Gasteiger partial charge is 0.550 e. The molecule has 0 spiro atoms. The first-order chi connectivity index (χ1) is 14.6. The predicted molar refractivity (Wildman–Crippen MR) is 115 cm³/mol. The van der Waals surface area contributed by atoms with Gasteiger partial charge in [0.1, 0.15) is 0 Å². The molecule has 0 fully saturated rings. The van der Waals surface area contributed by atoms with Crippen molar-refractivity contribution in [1.82, 2.24) is 0 Å². The quantitative estimate of drug-likeness (QED) is 0.392. The number of rotatable bonds is 10. The fraction of sp³-hybridized carbons (Fsp3) is 0.708. The van der Waals surface area contributed by atoms with Crippen molar-refractivity contribution < 1.29 is 64.4 Å². The summed E-state index contributed by atoms with van der Waals surface area (Å²) in [6, 6.07) is 0. The van der Waals surface area contributed by atoms with Gasteiger partial charge >= 0.3 is 41.5 Å². The van der Waals surface area contributed by atoms with E-state index in [2.05, 4.69) is 19.1 Å². The van der Waals surface area contributed by atoms with Crippen LogP contribution in [-0.2, 0) is 14.4 Å². The Balaban J connectivity index is 0.00000104. The van der Waals surface area contributed by atoms with E-state index in [0.717, 1.165) is 24.8 Å². The molecule has 0 radical (unpaired) electrons. The molecule has 0 aromatic heterocycles. The van der Waals surface area contributed by atoms with Gasteiger partial charge in [0.15, 0.2) is 0 Å². The van der Waals surface area contributed by atoms with Gasteiger partial charge in [0.25, 0.3) is 0 Å². The molecule has 0 saturated heterocycles. The summed E-state index contributed by atoms with van der Waals surface area (Å²) in [5, 5.41) is 37.9. The first kappa shape index (κ1) is 30.9. The van der Waals surface area contributed by atoms with Gasteiger partial charge < -0.3 is 25.2 Å². The number of fused-ring (bicyclic) bond motifs is 1. The van der Waals surface area contributed by atoms with Gasteiger partial charge in [0.2, 0.25) is 0 Å². The first-order valence-electron chi connectivity index (χ1n) is 11.3. The van der Waals surface area contributed by atoms with Crippen LogP contribution in [0.3, 0.4) is 0 Å². The number of carboxylic acid groups (broad SMARTS) is 3. The van der Waals surface area contributed by atoms with E-state index >= 15 is 0 Å². The molecule has 7 nitrogen and oxygen atoms in total. The van der Waals surface area contributed by atoms with Crippen LogP contribution in [0.5, 0.6) is 0 Å². The number of hydrogen-bond donors (Lipinski definition) is 3. The van der Waals surface area contributed by atoms with Crippen LogP contribution in [0.15, 0.2) is 23.8 Å². The van der Waals surface area contributed by atoms with Crippen LogP contribution >= 0.6 is 0 Å². The molecule has 8 heteroatoms. The average Bonchev–Trinajstić information content (AvgIpc) is 2.72. The van der Waals surface area contributed by atoms with Crippen LogP contribution in [0.25, 0.3) is 0 Å². The Morgan fingerprint density at radius 3 is 2.34 bits per heavy atom. The molecule has 2 rings (SSSR count). The van der Waals surface area contributed by atoms with Crippen LogP contribution in [-0.4, -0.2) is 39.3 Å². The number of hydrogen-bond acceptors (Lipinski definition) is 5. The Bertz CT molecular complexity index is 673. The third kappa shape index (κ3) is 10.6. The van der Waals surface area contributed by atoms with Crippen molar-refractivity contribution >= 4 is 17.9 Å². The second-order valence-electron chi connectivity index (χ2n) is 8.82. The number of allylic oxidation sites excluding steroid dienone is 3. The van der Waals surface area contributed by atoms with E-state index in [1.807, 2.05) is 13.0 Å². The SMILES string of the molecule is CC[C@H](C)C(=O)O.C[C@H]1C=CC2=CC(C(=O)O)CC[C@@H]2[C@H]1CC[C@@H](O)CCCC(=O)[O-].[Na+]. The third-order valence-corrected chi connectivity index (χ3v) is 6.50. The topological polar surface area (TPSA) is 135 Å². The van der Waals surface area contributed by atoms with Gasteiger partial charge in [0, 0.05) is 5.97 Å². The summed E-state index contributed by atoms with van der Waals surface area (Å²) in [7, 11) is 0. The standard InChI is InChI=1S/C19H28O5.C5H10O2.Na/c1-12-5-6-13-11-14(19(23)24)7-9-17(13)16(12)10-8-15(20)3-2-4-18(21)22;1-3-4(2)5(6)7;/h5-6,11-12,14-17,20H,2-4,7-10H2,1H3,(H,21,22)(H,23,24);4H,3H2,1-2H3,(H,6,7);/q;;+1/p-1/t12-,14?,15-,16-,17-;4-;/m00./s1. The van der Waals surface area contributed by atoms with E-state index < -0.39 is 24.0 Å². The molecule has 0 heterocycles. The Morgan fingerprint density at radius 2 is 1.84 bits per heavy atom. The van der Waals surface area contributed by atoms with Crippen molar-refractivity contribution in [1.29, 1.82) is 0 Å². The van der Waals surface area contributed by atoms with Gasteiger partial charge in [-0.05, 0) is 74.7 Å². The van der Waals surface area contributed by atoms with Crippen LogP contribution < -0.4 is 34.7 Å². The van der Waals surface area contributed by atoms with Crippen molar-refractivity contribution in [2.45, 2.75) is 78.2 Å². The maximum Gasteiger partial charge on any atom is 1.00 e. The second kappa shape index (κ2) is 15.6. The molecule has 0 amide bonds. The Hall–Kier alpha value is -1.15. The molecule has 2 aliphatic carbocycles. The molecular formula is C24H37NaO7. The number of aliphatic carboxylic acids is 3. The Kier molecular flexibility index (Phi) is 15.1. The zero-order valence-electron chi connectivity index (χ0n) is 19.8. The van der Waals surface area contributed by atoms with Crippen molar-refractivity contribution in [3.8, 4) is 0 Å². The molecule has 0 saturated carbocycles. The number of carboxylic acids is 3. The minimum atomic E-state index is -1.07. The number of carbonyl (C=O) groups is 3. The van der Waals surface area contributed by atoms with Gasteiger partial charge in [-0.2, -0.15) is 0 Å². The summed E-state index contributed by atoms with van der Waals surface area (Å²) in [6.07, 6.45) is 10.3. The normalized spacial score (nSPS) is 25.7. The molecule has 176 valence electrons. The molecule has 1 unspecified atom stereocenters. The minimum Gasteiger partial charge on any atom is -0.550 e. The van der Waals surface area contributed by atoms with Gasteiger partial charge in [-0.3, -0.25) is 9.59 Å². The number of aliphatic hydroxyl groups is 1. The second-order valence-corrected chi connectivity index (χ2v) is 8.82. The molecule has 0 bridgehead atoms. The zero-order valence-corrected chi connectivity index (χ0v) is 21.8. The summed E-state index contributed by atoms with van der Waals surface area (Å²) < 4.78 is 0. The molecular weight excluding hydrogens is 423 g/mol. The van der Waals surface area contributed by atoms with Gasteiger partial charge in [0.05, 0.1) is 17.9 Å². The van der Waals surface area contributed by atoms with Crippen LogP contribution in [0.1, 0.15) is 72.1 Å². The van der Waals surface area contributed by atoms with E-state index in [-0.39, 0.29) is 47.8 Å². The zero-order chi connectivity index (χ0) is 23.6. The average molecular weight is 461 g/mol. The van der Waals surface area contributed by atoms with Crippen LogP contribution in [0.4, 0.5) is 0 Å². The van der Waals surface area contributed by atoms with Crippen molar-refractivity contribution in [3.05, 3.63) is 23.8 Å². The fourth-order valence-corrected chi connectivity index (χ4v) is 4.22. The van der Waals surface area contributed by atoms with Crippen molar-refractivity contribution in [3.63, 3.8) is 0 Å². The van der Waals surface area contributed by atoms with Crippen molar-refractivity contribution in [2.75, 3.05) is 0 Å². The Morgan fingerprint density at radius 1 is 1.19 bits per heavy atom.